The van der Waals surface area contributed by atoms with Crippen molar-refractivity contribution in [3.63, 3.8) is 0 Å². The van der Waals surface area contributed by atoms with Crippen LogP contribution in [0, 0.1) is 11.2 Å². The van der Waals surface area contributed by atoms with Gasteiger partial charge in [0.25, 0.3) is 0 Å². The summed E-state index contributed by atoms with van der Waals surface area (Å²) in [6.07, 6.45) is 1.84. The van der Waals surface area contributed by atoms with Crippen LogP contribution in [-0.2, 0) is 11.3 Å². The third-order valence-corrected chi connectivity index (χ3v) is 4.28. The molecule has 1 aliphatic heterocycles. The Morgan fingerprint density at radius 3 is 2.85 bits per heavy atom. The number of carboxylic acids is 1. The number of halogens is 2. The van der Waals surface area contributed by atoms with Gasteiger partial charge in [0.1, 0.15) is 11.9 Å². The van der Waals surface area contributed by atoms with Crippen molar-refractivity contribution in [2.45, 2.75) is 39.3 Å². The van der Waals surface area contributed by atoms with Crippen LogP contribution in [0.3, 0.4) is 0 Å². The zero-order valence-corrected chi connectivity index (χ0v) is 12.5. The second kappa shape index (κ2) is 5.70. The number of carboxylic acid groups (broad SMARTS) is 1. The van der Waals surface area contributed by atoms with Crippen LogP contribution in [0.5, 0.6) is 0 Å². The molecule has 1 aromatic carbocycles. The standard InChI is InChI=1S/C15H19ClFNO2/c1-15(2)6-3-7-18(13(15)14(19)20)9-10-4-5-11(16)12(17)8-10/h4-5,8,13H,3,6-7,9H2,1-2H3,(H,19,20). The maximum Gasteiger partial charge on any atom is 0.321 e. The number of likely N-dealkylation sites (tertiary alicyclic amines) is 1. The molecule has 0 bridgehead atoms. The predicted molar refractivity (Wildman–Crippen MR) is 76.3 cm³/mol. The largest absolute Gasteiger partial charge is 0.480 e. The highest BCUT2D eigenvalue weighted by atomic mass is 35.5. The van der Waals surface area contributed by atoms with Gasteiger partial charge in [-0.3, -0.25) is 9.69 Å². The number of benzene rings is 1. The fourth-order valence-electron chi connectivity index (χ4n) is 3.03. The Morgan fingerprint density at radius 2 is 2.25 bits per heavy atom. The SMILES string of the molecule is CC1(C)CCCN(Cc2ccc(Cl)c(F)c2)C1C(=O)O. The highest BCUT2D eigenvalue weighted by Gasteiger charge is 2.42. The molecule has 0 saturated carbocycles. The molecule has 3 nitrogen and oxygen atoms in total. The third kappa shape index (κ3) is 3.13. The average Bonchev–Trinajstić information content (AvgIpc) is 2.32. The lowest BCUT2D eigenvalue weighted by Crippen LogP contribution is -2.53. The van der Waals surface area contributed by atoms with Gasteiger partial charge in [-0.25, -0.2) is 4.39 Å². The van der Waals surface area contributed by atoms with Crippen molar-refractivity contribution < 1.29 is 14.3 Å². The Morgan fingerprint density at radius 1 is 1.55 bits per heavy atom. The van der Waals surface area contributed by atoms with Crippen LogP contribution in [0.4, 0.5) is 4.39 Å². The number of piperidine rings is 1. The first-order valence-corrected chi connectivity index (χ1v) is 7.10. The number of nitrogens with zero attached hydrogens (tertiary/aromatic N) is 1. The minimum atomic E-state index is -0.816. The van der Waals surface area contributed by atoms with Crippen LogP contribution < -0.4 is 0 Å². The van der Waals surface area contributed by atoms with E-state index in [9.17, 15) is 14.3 Å². The molecule has 1 aliphatic rings. The molecular weight excluding hydrogens is 281 g/mol. The summed E-state index contributed by atoms with van der Waals surface area (Å²) in [5.41, 5.74) is 0.463. The van der Waals surface area contributed by atoms with Gasteiger partial charge in [0.05, 0.1) is 5.02 Å². The zero-order chi connectivity index (χ0) is 14.9. The quantitative estimate of drug-likeness (QED) is 0.928. The van der Waals surface area contributed by atoms with Gasteiger partial charge in [-0.1, -0.05) is 31.5 Å². The molecule has 2 rings (SSSR count). The molecule has 0 spiro atoms. The molecule has 1 heterocycles. The van der Waals surface area contributed by atoms with E-state index in [-0.39, 0.29) is 10.4 Å². The Balaban J connectivity index is 2.21. The molecular formula is C15H19ClFNO2. The van der Waals surface area contributed by atoms with Crippen LogP contribution in [-0.4, -0.2) is 28.6 Å². The molecule has 1 N–H and O–H groups in total. The number of hydrogen-bond acceptors (Lipinski definition) is 2. The summed E-state index contributed by atoms with van der Waals surface area (Å²) in [7, 11) is 0. The van der Waals surface area contributed by atoms with Crippen LogP contribution >= 0.6 is 11.6 Å². The van der Waals surface area contributed by atoms with Crippen molar-refractivity contribution in [1.29, 1.82) is 0 Å². The molecule has 0 aliphatic carbocycles. The van der Waals surface area contributed by atoms with Crippen molar-refractivity contribution in [3.05, 3.63) is 34.6 Å². The Bertz CT molecular complexity index is 519. The van der Waals surface area contributed by atoms with Gasteiger partial charge in [-0.05, 0) is 42.5 Å². The molecule has 20 heavy (non-hydrogen) atoms. The first kappa shape index (κ1) is 15.3. The molecule has 1 fully saturated rings. The summed E-state index contributed by atoms with van der Waals surface area (Å²) in [4.78, 5) is 13.5. The lowest BCUT2D eigenvalue weighted by atomic mass is 9.76. The van der Waals surface area contributed by atoms with E-state index < -0.39 is 17.8 Å². The average molecular weight is 300 g/mol. The first-order valence-electron chi connectivity index (χ1n) is 6.72. The lowest BCUT2D eigenvalue weighted by Gasteiger charge is -2.44. The van der Waals surface area contributed by atoms with Crippen LogP contribution in [0.1, 0.15) is 32.3 Å². The third-order valence-electron chi connectivity index (χ3n) is 3.98. The summed E-state index contributed by atoms with van der Waals surface area (Å²) in [6, 6.07) is 4.08. The molecule has 5 heteroatoms. The maximum absolute atomic E-state index is 13.5. The van der Waals surface area contributed by atoms with E-state index in [1.54, 1.807) is 6.07 Å². The smallest absolute Gasteiger partial charge is 0.321 e. The number of carbonyl (C=O) groups is 1. The number of rotatable bonds is 3. The van der Waals surface area contributed by atoms with Gasteiger partial charge in [0.2, 0.25) is 0 Å². The van der Waals surface area contributed by atoms with Crippen LogP contribution in [0.25, 0.3) is 0 Å². The molecule has 0 aromatic heterocycles. The fourth-order valence-corrected chi connectivity index (χ4v) is 3.15. The normalized spacial score (nSPS) is 22.7. The highest BCUT2D eigenvalue weighted by molar-refractivity contribution is 6.30. The molecule has 1 aromatic rings. The Labute approximate surface area is 123 Å². The molecule has 0 amide bonds. The van der Waals surface area contributed by atoms with E-state index in [4.69, 9.17) is 11.6 Å². The highest BCUT2D eigenvalue weighted by Crippen LogP contribution is 2.36. The zero-order valence-electron chi connectivity index (χ0n) is 11.7. The van der Waals surface area contributed by atoms with E-state index in [1.165, 1.54) is 12.1 Å². The Hall–Kier alpha value is -1.13. The second-order valence-corrected chi connectivity index (χ2v) is 6.46. The van der Waals surface area contributed by atoms with E-state index in [1.807, 2.05) is 18.7 Å². The van der Waals surface area contributed by atoms with Gasteiger partial charge in [-0.2, -0.15) is 0 Å². The van der Waals surface area contributed by atoms with Crippen molar-refractivity contribution in [1.82, 2.24) is 4.90 Å². The number of aliphatic carboxylic acids is 1. The minimum Gasteiger partial charge on any atom is -0.480 e. The molecule has 110 valence electrons. The summed E-state index contributed by atoms with van der Waals surface area (Å²) in [5, 5.41) is 9.57. The van der Waals surface area contributed by atoms with Crippen molar-refractivity contribution >= 4 is 17.6 Å². The van der Waals surface area contributed by atoms with Gasteiger partial charge in [-0.15, -0.1) is 0 Å². The molecule has 1 saturated heterocycles. The minimum absolute atomic E-state index is 0.0857. The molecule has 0 radical (unpaired) electrons. The van der Waals surface area contributed by atoms with Gasteiger partial charge in [0.15, 0.2) is 0 Å². The van der Waals surface area contributed by atoms with Crippen LogP contribution in [0.2, 0.25) is 5.02 Å². The van der Waals surface area contributed by atoms with Gasteiger partial charge >= 0.3 is 5.97 Å². The topological polar surface area (TPSA) is 40.5 Å². The van der Waals surface area contributed by atoms with Crippen molar-refractivity contribution in [3.8, 4) is 0 Å². The van der Waals surface area contributed by atoms with E-state index >= 15 is 0 Å². The van der Waals surface area contributed by atoms with E-state index in [0.717, 1.165) is 18.4 Å². The van der Waals surface area contributed by atoms with Gasteiger partial charge < -0.3 is 5.11 Å². The summed E-state index contributed by atoms with van der Waals surface area (Å²) in [5.74, 6) is -1.28. The molecule has 1 atom stereocenters. The van der Waals surface area contributed by atoms with E-state index in [0.29, 0.717) is 13.1 Å². The first-order chi connectivity index (χ1) is 9.31. The second-order valence-electron chi connectivity index (χ2n) is 6.05. The van der Waals surface area contributed by atoms with Crippen molar-refractivity contribution in [2.75, 3.05) is 6.54 Å². The Kier molecular flexibility index (Phi) is 4.35. The molecule has 1 unspecified atom stereocenters. The summed E-state index contributed by atoms with van der Waals surface area (Å²) >= 11 is 5.67. The van der Waals surface area contributed by atoms with Gasteiger partial charge in [0, 0.05) is 6.54 Å². The fraction of sp³-hybridized carbons (Fsp3) is 0.533. The number of hydrogen-bond donors (Lipinski definition) is 1. The van der Waals surface area contributed by atoms with Crippen molar-refractivity contribution in [2.24, 2.45) is 5.41 Å². The van der Waals surface area contributed by atoms with Crippen LogP contribution in [0.15, 0.2) is 18.2 Å². The predicted octanol–water partition coefficient (Wildman–Crippen LogP) is 3.55. The van der Waals surface area contributed by atoms with E-state index in [2.05, 4.69) is 0 Å². The monoisotopic (exact) mass is 299 g/mol. The maximum atomic E-state index is 13.5. The lowest BCUT2D eigenvalue weighted by molar-refractivity contribution is -0.151. The summed E-state index contributed by atoms with van der Waals surface area (Å²) < 4.78 is 13.5. The summed E-state index contributed by atoms with van der Waals surface area (Å²) in [6.45, 7) is 5.08.